The molecule has 0 saturated heterocycles. The van der Waals surface area contributed by atoms with Crippen LogP contribution in [0.5, 0.6) is 0 Å². The molecule has 1 rings (SSSR count). The Morgan fingerprint density at radius 3 is 2.71 bits per heavy atom. The van der Waals surface area contributed by atoms with Gasteiger partial charge in [-0.2, -0.15) is 0 Å². The SMILES string of the molecule is C=C/C=C(\C=C)C(CNC(=O)c1cccc(C)c1)NCC. The van der Waals surface area contributed by atoms with Crippen LogP contribution in [0.25, 0.3) is 0 Å². The van der Waals surface area contributed by atoms with Crippen molar-refractivity contribution in [3.8, 4) is 0 Å². The van der Waals surface area contributed by atoms with Gasteiger partial charge in [0, 0.05) is 18.2 Å². The molecule has 3 nitrogen and oxygen atoms in total. The molecule has 3 heteroatoms. The van der Waals surface area contributed by atoms with E-state index < -0.39 is 0 Å². The highest BCUT2D eigenvalue weighted by Gasteiger charge is 2.12. The first-order valence-corrected chi connectivity index (χ1v) is 7.15. The van der Waals surface area contributed by atoms with Crippen molar-refractivity contribution in [2.45, 2.75) is 19.9 Å². The number of amides is 1. The number of benzene rings is 1. The molecule has 0 aliphatic heterocycles. The first kappa shape index (κ1) is 16.9. The lowest BCUT2D eigenvalue weighted by Gasteiger charge is -2.19. The first-order chi connectivity index (χ1) is 10.1. The Balaban J connectivity index is 2.73. The lowest BCUT2D eigenvalue weighted by molar-refractivity contribution is 0.0951. The molecule has 0 radical (unpaired) electrons. The zero-order valence-corrected chi connectivity index (χ0v) is 12.9. The number of likely N-dealkylation sites (N-methyl/N-ethyl adjacent to an activating group) is 1. The molecule has 0 fully saturated rings. The van der Waals surface area contributed by atoms with Crippen molar-refractivity contribution in [2.75, 3.05) is 13.1 Å². The van der Waals surface area contributed by atoms with Crippen LogP contribution in [0.15, 0.2) is 61.2 Å². The Morgan fingerprint density at radius 2 is 2.14 bits per heavy atom. The van der Waals surface area contributed by atoms with Gasteiger partial charge >= 0.3 is 0 Å². The van der Waals surface area contributed by atoms with Crippen LogP contribution < -0.4 is 10.6 Å². The van der Waals surface area contributed by atoms with Gasteiger partial charge in [-0.05, 0) is 31.2 Å². The number of hydrogen-bond donors (Lipinski definition) is 2. The van der Waals surface area contributed by atoms with Crippen molar-refractivity contribution in [2.24, 2.45) is 0 Å². The van der Waals surface area contributed by atoms with Gasteiger partial charge in [-0.25, -0.2) is 0 Å². The minimum absolute atomic E-state index is 0.0271. The third-order valence-electron chi connectivity index (χ3n) is 3.15. The minimum atomic E-state index is -0.0661. The molecule has 0 spiro atoms. The van der Waals surface area contributed by atoms with Crippen molar-refractivity contribution in [1.82, 2.24) is 10.6 Å². The normalized spacial score (nSPS) is 12.6. The quantitative estimate of drug-likeness (QED) is 0.721. The van der Waals surface area contributed by atoms with Crippen LogP contribution in [0.4, 0.5) is 0 Å². The molecule has 112 valence electrons. The number of carbonyl (C=O) groups is 1. The van der Waals surface area contributed by atoms with E-state index >= 15 is 0 Å². The fourth-order valence-corrected chi connectivity index (χ4v) is 2.10. The van der Waals surface area contributed by atoms with Gasteiger partial charge in [-0.1, -0.05) is 56.0 Å². The summed E-state index contributed by atoms with van der Waals surface area (Å²) in [7, 11) is 0. The zero-order valence-electron chi connectivity index (χ0n) is 12.9. The summed E-state index contributed by atoms with van der Waals surface area (Å²) in [6.45, 7) is 12.8. The van der Waals surface area contributed by atoms with Crippen molar-refractivity contribution < 1.29 is 4.79 Å². The number of rotatable bonds is 8. The van der Waals surface area contributed by atoms with Crippen LogP contribution in [0, 0.1) is 6.92 Å². The average molecular weight is 284 g/mol. The molecular formula is C18H24N2O. The van der Waals surface area contributed by atoms with Crippen molar-refractivity contribution in [3.63, 3.8) is 0 Å². The van der Waals surface area contributed by atoms with E-state index in [1.165, 1.54) is 0 Å². The van der Waals surface area contributed by atoms with Crippen LogP contribution in [0.2, 0.25) is 0 Å². The summed E-state index contributed by atoms with van der Waals surface area (Å²) < 4.78 is 0. The monoisotopic (exact) mass is 284 g/mol. The number of nitrogens with one attached hydrogen (secondary N) is 2. The van der Waals surface area contributed by atoms with Gasteiger partial charge < -0.3 is 10.6 Å². The summed E-state index contributed by atoms with van der Waals surface area (Å²) in [6, 6.07) is 7.59. The van der Waals surface area contributed by atoms with Crippen molar-refractivity contribution in [1.29, 1.82) is 0 Å². The summed E-state index contributed by atoms with van der Waals surface area (Å²) in [5, 5.41) is 6.29. The Labute approximate surface area is 127 Å². The minimum Gasteiger partial charge on any atom is -0.350 e. The summed E-state index contributed by atoms with van der Waals surface area (Å²) >= 11 is 0. The van der Waals surface area contributed by atoms with Gasteiger partial charge in [-0.15, -0.1) is 0 Å². The van der Waals surface area contributed by atoms with Crippen LogP contribution in [0.1, 0.15) is 22.8 Å². The van der Waals surface area contributed by atoms with Crippen LogP contribution in [-0.4, -0.2) is 25.0 Å². The predicted molar refractivity (Wildman–Crippen MR) is 89.5 cm³/mol. The Bertz CT molecular complexity index is 532. The number of allylic oxidation sites excluding steroid dienone is 2. The zero-order chi connectivity index (χ0) is 15.7. The lowest BCUT2D eigenvalue weighted by Crippen LogP contribution is -2.41. The summed E-state index contributed by atoms with van der Waals surface area (Å²) in [4.78, 5) is 12.2. The molecule has 0 aliphatic rings. The van der Waals surface area contributed by atoms with E-state index in [0.717, 1.165) is 17.7 Å². The first-order valence-electron chi connectivity index (χ1n) is 7.15. The number of aryl methyl sites for hydroxylation is 1. The Kier molecular flexibility index (Phi) is 7.19. The molecule has 1 aromatic carbocycles. The maximum Gasteiger partial charge on any atom is 0.251 e. The van der Waals surface area contributed by atoms with E-state index in [0.29, 0.717) is 12.1 Å². The van der Waals surface area contributed by atoms with Gasteiger partial charge in [-0.3, -0.25) is 4.79 Å². The molecule has 1 unspecified atom stereocenters. The van der Waals surface area contributed by atoms with Gasteiger partial charge in [0.05, 0.1) is 0 Å². The Morgan fingerprint density at radius 1 is 1.38 bits per heavy atom. The molecule has 0 saturated carbocycles. The maximum absolute atomic E-state index is 12.2. The van der Waals surface area contributed by atoms with Gasteiger partial charge in [0.15, 0.2) is 0 Å². The third kappa shape index (κ3) is 5.40. The lowest BCUT2D eigenvalue weighted by atomic mass is 10.1. The second-order valence-corrected chi connectivity index (χ2v) is 4.80. The Hall–Kier alpha value is -2.13. The number of hydrogen-bond acceptors (Lipinski definition) is 2. The molecular weight excluding hydrogens is 260 g/mol. The fourth-order valence-electron chi connectivity index (χ4n) is 2.10. The summed E-state index contributed by atoms with van der Waals surface area (Å²) in [6.07, 6.45) is 5.41. The van der Waals surface area contributed by atoms with E-state index in [-0.39, 0.29) is 11.9 Å². The van der Waals surface area contributed by atoms with Crippen LogP contribution >= 0.6 is 0 Å². The van der Waals surface area contributed by atoms with Gasteiger partial charge in [0.1, 0.15) is 0 Å². The second kappa shape index (κ2) is 8.93. The van der Waals surface area contributed by atoms with Crippen molar-refractivity contribution >= 4 is 5.91 Å². The molecule has 1 atom stereocenters. The van der Waals surface area contributed by atoms with Crippen molar-refractivity contribution in [3.05, 3.63) is 72.4 Å². The summed E-state index contributed by atoms with van der Waals surface area (Å²) in [5.41, 5.74) is 2.76. The highest BCUT2D eigenvalue weighted by atomic mass is 16.1. The molecule has 0 aliphatic carbocycles. The third-order valence-corrected chi connectivity index (χ3v) is 3.15. The molecule has 21 heavy (non-hydrogen) atoms. The molecule has 0 heterocycles. The number of carbonyl (C=O) groups excluding carboxylic acids is 1. The average Bonchev–Trinajstić information content (AvgIpc) is 2.49. The highest BCUT2D eigenvalue weighted by molar-refractivity contribution is 5.94. The topological polar surface area (TPSA) is 41.1 Å². The standard InChI is InChI=1S/C18H24N2O/c1-5-9-15(6-2)17(19-7-3)13-20-18(21)16-11-8-10-14(4)12-16/h5-6,8-12,17,19H,1-2,7,13H2,3-4H3,(H,20,21)/b15-9+. The van der Waals surface area contributed by atoms with E-state index in [4.69, 9.17) is 0 Å². The molecule has 1 amide bonds. The van der Waals surface area contributed by atoms with Gasteiger partial charge in [0.2, 0.25) is 0 Å². The van der Waals surface area contributed by atoms with E-state index in [1.807, 2.05) is 44.2 Å². The van der Waals surface area contributed by atoms with E-state index in [1.54, 1.807) is 12.2 Å². The van der Waals surface area contributed by atoms with E-state index in [2.05, 4.69) is 23.8 Å². The molecule has 0 aromatic heterocycles. The van der Waals surface area contributed by atoms with Crippen LogP contribution in [0.3, 0.4) is 0 Å². The van der Waals surface area contributed by atoms with Gasteiger partial charge in [0.25, 0.3) is 5.91 Å². The largest absolute Gasteiger partial charge is 0.350 e. The van der Waals surface area contributed by atoms with E-state index in [9.17, 15) is 4.79 Å². The predicted octanol–water partition coefficient (Wildman–Crippen LogP) is 3.00. The fraction of sp³-hybridized carbons (Fsp3) is 0.278. The molecule has 1 aromatic rings. The second-order valence-electron chi connectivity index (χ2n) is 4.80. The summed E-state index contributed by atoms with van der Waals surface area (Å²) in [5.74, 6) is -0.0661. The molecule has 0 bridgehead atoms. The smallest absolute Gasteiger partial charge is 0.251 e. The maximum atomic E-state index is 12.2. The molecule has 2 N–H and O–H groups in total. The van der Waals surface area contributed by atoms with Crippen LogP contribution in [-0.2, 0) is 0 Å². The highest BCUT2D eigenvalue weighted by Crippen LogP contribution is 2.06.